The molecule has 18 heavy (non-hydrogen) atoms. The van der Waals surface area contributed by atoms with Gasteiger partial charge in [0.1, 0.15) is 0 Å². The van der Waals surface area contributed by atoms with Crippen molar-refractivity contribution in [3.8, 4) is 0 Å². The minimum Gasteiger partial charge on any atom is -0.481 e. The van der Waals surface area contributed by atoms with Gasteiger partial charge in [0.25, 0.3) is 0 Å². The van der Waals surface area contributed by atoms with Crippen molar-refractivity contribution >= 4 is 49.4 Å². The number of hydrogen-bond donors (Lipinski definition) is 2. The maximum absolute atomic E-state index is 11.8. The van der Waals surface area contributed by atoms with E-state index in [-0.39, 0.29) is 12.3 Å². The molecule has 4 nitrogen and oxygen atoms in total. The number of carboxylic acid groups (broad SMARTS) is 1. The fraction of sp³-hybridized carbons (Fsp3) is 0.333. The molecule has 0 radical (unpaired) electrons. The second-order valence-corrected chi connectivity index (χ2v) is 6.31. The van der Waals surface area contributed by atoms with Crippen LogP contribution in [0.25, 0.3) is 0 Å². The van der Waals surface area contributed by atoms with E-state index in [1.165, 1.54) is 13.8 Å². The minimum absolute atomic E-state index is 0.0821. The lowest BCUT2D eigenvalue weighted by atomic mass is 9.89. The van der Waals surface area contributed by atoms with E-state index in [1.54, 1.807) is 12.1 Å². The molecule has 1 amide bonds. The summed E-state index contributed by atoms with van der Waals surface area (Å²) in [6.07, 6.45) is -0.0821. The molecule has 1 aromatic rings. The van der Waals surface area contributed by atoms with Crippen molar-refractivity contribution < 1.29 is 14.7 Å². The van der Waals surface area contributed by atoms with Crippen LogP contribution in [-0.2, 0) is 9.59 Å². The summed E-state index contributed by atoms with van der Waals surface area (Å²) in [5.41, 5.74) is -0.474. The standard InChI is InChI=1S/C12H13Br2NO3/c1-12(2,11(17)18)6-10(16)15-9-5-7(13)3-4-8(9)14/h3-5H,6H2,1-2H3,(H,15,16)(H,17,18). The summed E-state index contributed by atoms with van der Waals surface area (Å²) in [6, 6.07) is 5.37. The van der Waals surface area contributed by atoms with Gasteiger partial charge in [-0.25, -0.2) is 0 Å². The molecular weight excluding hydrogens is 366 g/mol. The number of benzene rings is 1. The Hall–Kier alpha value is -0.880. The molecule has 6 heteroatoms. The molecule has 0 bridgehead atoms. The number of halogens is 2. The number of anilines is 1. The summed E-state index contributed by atoms with van der Waals surface area (Å²) < 4.78 is 1.57. The molecule has 0 aromatic heterocycles. The first-order valence-corrected chi connectivity index (χ1v) is 6.79. The number of aliphatic carboxylic acids is 1. The van der Waals surface area contributed by atoms with Crippen LogP contribution in [0.2, 0.25) is 0 Å². The van der Waals surface area contributed by atoms with E-state index in [1.807, 2.05) is 6.07 Å². The third-order valence-corrected chi connectivity index (χ3v) is 3.57. The van der Waals surface area contributed by atoms with Crippen molar-refractivity contribution in [2.75, 3.05) is 5.32 Å². The lowest BCUT2D eigenvalue weighted by Gasteiger charge is -2.18. The molecule has 1 aromatic carbocycles. The van der Waals surface area contributed by atoms with Crippen LogP contribution in [0.4, 0.5) is 5.69 Å². The van der Waals surface area contributed by atoms with Crippen LogP contribution in [0.5, 0.6) is 0 Å². The van der Waals surface area contributed by atoms with Gasteiger partial charge < -0.3 is 10.4 Å². The summed E-state index contributed by atoms with van der Waals surface area (Å²) in [5, 5.41) is 11.6. The monoisotopic (exact) mass is 377 g/mol. The molecule has 0 aliphatic rings. The molecule has 98 valence electrons. The Labute approximate surface area is 122 Å². The highest BCUT2D eigenvalue weighted by atomic mass is 79.9. The van der Waals surface area contributed by atoms with Gasteiger partial charge >= 0.3 is 5.97 Å². The molecule has 0 saturated carbocycles. The van der Waals surface area contributed by atoms with Gasteiger partial charge in [0, 0.05) is 15.4 Å². The number of hydrogen-bond acceptors (Lipinski definition) is 2. The number of nitrogens with one attached hydrogen (secondary N) is 1. The summed E-state index contributed by atoms with van der Waals surface area (Å²) in [7, 11) is 0. The lowest BCUT2D eigenvalue weighted by molar-refractivity contribution is -0.148. The molecule has 0 unspecified atom stereocenters. The van der Waals surface area contributed by atoms with Gasteiger partial charge in [-0.3, -0.25) is 9.59 Å². The van der Waals surface area contributed by atoms with Gasteiger partial charge in [-0.1, -0.05) is 15.9 Å². The van der Waals surface area contributed by atoms with Crippen molar-refractivity contribution in [1.82, 2.24) is 0 Å². The molecule has 2 N–H and O–H groups in total. The van der Waals surface area contributed by atoms with Crippen LogP contribution < -0.4 is 5.32 Å². The number of carboxylic acids is 1. The van der Waals surface area contributed by atoms with Crippen molar-refractivity contribution in [2.24, 2.45) is 5.41 Å². The van der Waals surface area contributed by atoms with E-state index < -0.39 is 11.4 Å². The zero-order valence-corrected chi connectivity index (χ0v) is 13.1. The quantitative estimate of drug-likeness (QED) is 0.840. The Bertz CT molecular complexity index is 486. The molecule has 0 fully saturated rings. The molecule has 0 spiro atoms. The first kappa shape index (κ1) is 15.2. The van der Waals surface area contributed by atoms with Gasteiger partial charge in [0.05, 0.1) is 11.1 Å². The van der Waals surface area contributed by atoms with Crippen LogP contribution in [-0.4, -0.2) is 17.0 Å². The van der Waals surface area contributed by atoms with Crippen molar-refractivity contribution in [3.63, 3.8) is 0 Å². The van der Waals surface area contributed by atoms with Crippen LogP contribution in [0.15, 0.2) is 27.1 Å². The first-order valence-electron chi connectivity index (χ1n) is 5.20. The fourth-order valence-electron chi connectivity index (χ4n) is 1.26. The summed E-state index contributed by atoms with van der Waals surface area (Å²) in [6.45, 7) is 3.04. The maximum atomic E-state index is 11.8. The lowest BCUT2D eigenvalue weighted by Crippen LogP contribution is -2.29. The average Bonchev–Trinajstić information content (AvgIpc) is 2.22. The van der Waals surface area contributed by atoms with E-state index in [0.29, 0.717) is 5.69 Å². The number of rotatable bonds is 4. The smallest absolute Gasteiger partial charge is 0.309 e. The predicted molar refractivity (Wildman–Crippen MR) is 76.5 cm³/mol. The van der Waals surface area contributed by atoms with Gasteiger partial charge in [-0.15, -0.1) is 0 Å². The minimum atomic E-state index is -1.08. The van der Waals surface area contributed by atoms with E-state index in [0.717, 1.165) is 8.95 Å². The highest BCUT2D eigenvalue weighted by Crippen LogP contribution is 2.27. The Morgan fingerprint density at radius 1 is 1.33 bits per heavy atom. The van der Waals surface area contributed by atoms with Crippen LogP contribution in [0.3, 0.4) is 0 Å². The Morgan fingerprint density at radius 3 is 2.50 bits per heavy atom. The second-order valence-electron chi connectivity index (χ2n) is 4.54. The van der Waals surface area contributed by atoms with Gasteiger partial charge in [-0.05, 0) is 48.0 Å². The largest absolute Gasteiger partial charge is 0.481 e. The topological polar surface area (TPSA) is 66.4 Å². The van der Waals surface area contributed by atoms with Crippen molar-refractivity contribution in [2.45, 2.75) is 20.3 Å². The zero-order chi connectivity index (χ0) is 13.9. The van der Waals surface area contributed by atoms with Crippen molar-refractivity contribution in [1.29, 1.82) is 0 Å². The number of amides is 1. The Kier molecular flexibility index (Phi) is 4.92. The van der Waals surface area contributed by atoms with Crippen LogP contribution >= 0.6 is 31.9 Å². The first-order chi connectivity index (χ1) is 8.22. The zero-order valence-electron chi connectivity index (χ0n) is 9.96. The number of carbonyl (C=O) groups excluding carboxylic acids is 1. The molecule has 0 atom stereocenters. The molecule has 1 rings (SSSR count). The van der Waals surface area contributed by atoms with Crippen LogP contribution in [0.1, 0.15) is 20.3 Å². The molecule has 0 aliphatic heterocycles. The Morgan fingerprint density at radius 2 is 1.94 bits per heavy atom. The number of carbonyl (C=O) groups is 2. The average molecular weight is 379 g/mol. The van der Waals surface area contributed by atoms with Gasteiger partial charge in [0.2, 0.25) is 5.91 Å². The third kappa shape index (κ3) is 4.10. The van der Waals surface area contributed by atoms with E-state index in [2.05, 4.69) is 37.2 Å². The van der Waals surface area contributed by atoms with Gasteiger partial charge in [-0.2, -0.15) is 0 Å². The second kappa shape index (κ2) is 5.84. The molecular formula is C12H13Br2NO3. The van der Waals surface area contributed by atoms with E-state index in [4.69, 9.17) is 5.11 Å². The maximum Gasteiger partial charge on any atom is 0.309 e. The van der Waals surface area contributed by atoms with E-state index >= 15 is 0 Å². The fourth-order valence-corrected chi connectivity index (χ4v) is 1.97. The predicted octanol–water partition coefficient (Wildman–Crippen LogP) is 3.65. The summed E-state index contributed by atoms with van der Waals surface area (Å²) >= 11 is 6.62. The molecule has 0 heterocycles. The Balaban J connectivity index is 2.77. The SMILES string of the molecule is CC(C)(CC(=O)Nc1cc(Br)ccc1Br)C(=O)O. The highest BCUT2D eigenvalue weighted by molar-refractivity contribution is 9.11. The third-order valence-electron chi connectivity index (χ3n) is 2.38. The molecule has 0 aliphatic carbocycles. The van der Waals surface area contributed by atoms with Crippen LogP contribution in [0, 0.1) is 5.41 Å². The highest BCUT2D eigenvalue weighted by Gasteiger charge is 2.30. The summed E-state index contributed by atoms with van der Waals surface area (Å²) in [5.74, 6) is -1.33. The normalized spacial score (nSPS) is 11.1. The molecule has 0 saturated heterocycles. The van der Waals surface area contributed by atoms with Gasteiger partial charge in [0.15, 0.2) is 0 Å². The summed E-state index contributed by atoms with van der Waals surface area (Å²) in [4.78, 5) is 22.7. The van der Waals surface area contributed by atoms with Crippen molar-refractivity contribution in [3.05, 3.63) is 27.1 Å². The van der Waals surface area contributed by atoms with E-state index in [9.17, 15) is 9.59 Å².